The lowest BCUT2D eigenvalue weighted by Crippen LogP contribution is -2.33. The number of aromatic nitrogens is 2. The molecule has 0 saturated carbocycles. The summed E-state index contributed by atoms with van der Waals surface area (Å²) in [7, 11) is 2.83. The van der Waals surface area contributed by atoms with Crippen molar-refractivity contribution < 1.29 is 19.1 Å². The Balaban J connectivity index is 1.72. The molecule has 1 atom stereocenters. The lowest BCUT2D eigenvalue weighted by atomic mass is 10.2. The molecule has 1 aromatic carbocycles. The second-order valence-electron chi connectivity index (χ2n) is 6.60. The first-order chi connectivity index (χ1) is 12.9. The van der Waals surface area contributed by atoms with Gasteiger partial charge < -0.3 is 19.7 Å². The molecular weight excluding hydrogens is 348 g/mol. The first kappa shape index (κ1) is 18.8. The predicted octanol–water partition coefficient (Wildman–Crippen LogP) is 2.77. The number of likely N-dealkylation sites (tertiary alicyclic amines) is 1. The molecule has 1 aliphatic rings. The van der Waals surface area contributed by atoms with Gasteiger partial charge in [-0.05, 0) is 44.5 Å². The summed E-state index contributed by atoms with van der Waals surface area (Å²) in [6.45, 7) is 5.19. The van der Waals surface area contributed by atoms with Crippen LogP contribution < -0.4 is 10.1 Å². The largest absolute Gasteiger partial charge is 0.495 e. The third kappa shape index (κ3) is 3.89. The number of methoxy groups -OCH3 is 2. The van der Waals surface area contributed by atoms with Crippen LogP contribution in [0.2, 0.25) is 0 Å². The molecule has 3 rings (SSSR count). The third-order valence-corrected chi connectivity index (χ3v) is 4.70. The Labute approximate surface area is 158 Å². The number of esters is 1. The molecule has 0 bridgehead atoms. The van der Waals surface area contributed by atoms with Crippen LogP contribution in [0.25, 0.3) is 0 Å². The number of anilines is 1. The molecule has 0 aliphatic carbocycles. The minimum absolute atomic E-state index is 0.160. The fourth-order valence-corrected chi connectivity index (χ4v) is 3.39. The maximum Gasteiger partial charge on any atom is 0.337 e. The van der Waals surface area contributed by atoms with E-state index in [9.17, 15) is 9.59 Å². The molecule has 144 valence electrons. The van der Waals surface area contributed by atoms with Gasteiger partial charge in [-0.2, -0.15) is 5.10 Å². The Bertz CT molecular complexity index is 861. The van der Waals surface area contributed by atoms with Gasteiger partial charge in [0.2, 0.25) is 0 Å². The van der Waals surface area contributed by atoms with Crippen LogP contribution >= 0.6 is 0 Å². The Morgan fingerprint density at radius 2 is 2.00 bits per heavy atom. The highest BCUT2D eigenvalue weighted by Gasteiger charge is 2.29. The zero-order valence-electron chi connectivity index (χ0n) is 16.0. The van der Waals surface area contributed by atoms with Crippen LogP contribution in [0, 0.1) is 13.8 Å². The van der Waals surface area contributed by atoms with Crippen molar-refractivity contribution in [3.63, 3.8) is 0 Å². The average molecular weight is 372 g/mol. The van der Waals surface area contributed by atoms with Crippen molar-refractivity contribution in [1.82, 2.24) is 14.7 Å². The van der Waals surface area contributed by atoms with Gasteiger partial charge in [0.25, 0.3) is 0 Å². The number of benzene rings is 1. The highest BCUT2D eigenvalue weighted by atomic mass is 16.5. The number of nitrogens with one attached hydrogen (secondary N) is 1. The third-order valence-electron chi connectivity index (χ3n) is 4.70. The monoisotopic (exact) mass is 372 g/mol. The normalized spacial score (nSPS) is 16.3. The molecule has 2 aromatic rings. The van der Waals surface area contributed by atoms with Crippen molar-refractivity contribution in [2.24, 2.45) is 0 Å². The van der Waals surface area contributed by atoms with Gasteiger partial charge >= 0.3 is 12.0 Å². The minimum atomic E-state index is -0.473. The lowest BCUT2D eigenvalue weighted by Gasteiger charge is -2.19. The van der Waals surface area contributed by atoms with E-state index in [0.29, 0.717) is 30.1 Å². The van der Waals surface area contributed by atoms with Crippen molar-refractivity contribution in [2.45, 2.75) is 26.3 Å². The van der Waals surface area contributed by atoms with E-state index >= 15 is 0 Å². The maximum absolute atomic E-state index is 12.7. The highest BCUT2D eigenvalue weighted by Crippen LogP contribution is 2.28. The number of amides is 2. The van der Waals surface area contributed by atoms with E-state index in [-0.39, 0.29) is 12.1 Å². The van der Waals surface area contributed by atoms with Crippen molar-refractivity contribution in [3.8, 4) is 5.75 Å². The topological polar surface area (TPSA) is 85.7 Å². The first-order valence-corrected chi connectivity index (χ1v) is 8.78. The molecule has 27 heavy (non-hydrogen) atoms. The molecular formula is C19H24N4O4. The number of nitrogens with zero attached hydrogens (tertiary/aromatic N) is 3. The summed E-state index contributed by atoms with van der Waals surface area (Å²) in [5.41, 5.74) is 2.84. The molecule has 1 unspecified atom stereocenters. The number of rotatable bonds is 4. The Morgan fingerprint density at radius 1 is 1.22 bits per heavy atom. The number of carbonyl (C=O) groups excluding carboxylic acids is 2. The fraction of sp³-hybridized carbons (Fsp3) is 0.421. The molecule has 2 heterocycles. The van der Waals surface area contributed by atoms with E-state index in [1.165, 1.54) is 14.2 Å². The zero-order chi connectivity index (χ0) is 19.6. The average Bonchev–Trinajstić information content (AvgIpc) is 3.27. The van der Waals surface area contributed by atoms with Crippen LogP contribution in [-0.4, -0.2) is 54.0 Å². The molecule has 2 amide bonds. The SMILES string of the molecule is COC(=O)c1ccc(OC)c(NC(=O)N2CCC(n3nc(C)cc3C)C2)c1. The zero-order valence-corrected chi connectivity index (χ0v) is 16.0. The number of urea groups is 1. The summed E-state index contributed by atoms with van der Waals surface area (Å²) < 4.78 is 12.0. The molecule has 8 nitrogen and oxygen atoms in total. The summed E-state index contributed by atoms with van der Waals surface area (Å²) in [4.78, 5) is 26.2. The number of carbonyl (C=O) groups is 2. The van der Waals surface area contributed by atoms with Crippen molar-refractivity contribution in [2.75, 3.05) is 32.6 Å². The van der Waals surface area contributed by atoms with Crippen LogP contribution in [0.1, 0.15) is 34.2 Å². The molecule has 1 aliphatic heterocycles. The lowest BCUT2D eigenvalue weighted by molar-refractivity contribution is 0.0600. The number of ether oxygens (including phenoxy) is 2. The molecule has 1 aromatic heterocycles. The summed E-state index contributed by atoms with van der Waals surface area (Å²) in [5.74, 6) is 0.00390. The Morgan fingerprint density at radius 3 is 2.63 bits per heavy atom. The van der Waals surface area contributed by atoms with Crippen molar-refractivity contribution >= 4 is 17.7 Å². The first-order valence-electron chi connectivity index (χ1n) is 8.78. The summed E-state index contributed by atoms with van der Waals surface area (Å²) in [6, 6.07) is 6.73. The summed E-state index contributed by atoms with van der Waals surface area (Å²) >= 11 is 0. The quantitative estimate of drug-likeness (QED) is 0.834. The molecule has 0 spiro atoms. The second-order valence-corrected chi connectivity index (χ2v) is 6.60. The fourth-order valence-electron chi connectivity index (χ4n) is 3.39. The Kier molecular flexibility index (Phi) is 5.34. The van der Waals surface area contributed by atoms with Crippen LogP contribution in [0.15, 0.2) is 24.3 Å². The predicted molar refractivity (Wildman–Crippen MR) is 100 cm³/mol. The van der Waals surface area contributed by atoms with E-state index in [1.54, 1.807) is 23.1 Å². The summed E-state index contributed by atoms with van der Waals surface area (Å²) in [5, 5.41) is 7.36. The molecule has 1 fully saturated rings. The van der Waals surface area contributed by atoms with Crippen LogP contribution in [0.3, 0.4) is 0 Å². The van der Waals surface area contributed by atoms with Crippen LogP contribution in [0.4, 0.5) is 10.5 Å². The number of hydrogen-bond acceptors (Lipinski definition) is 5. The summed E-state index contributed by atoms with van der Waals surface area (Å²) in [6.07, 6.45) is 0.842. The van der Waals surface area contributed by atoms with Gasteiger partial charge in [0, 0.05) is 18.8 Å². The smallest absolute Gasteiger partial charge is 0.337 e. The van der Waals surface area contributed by atoms with Crippen LogP contribution in [0.5, 0.6) is 5.75 Å². The van der Waals surface area contributed by atoms with Gasteiger partial charge in [0.05, 0.1) is 37.2 Å². The van der Waals surface area contributed by atoms with Gasteiger partial charge in [0.15, 0.2) is 0 Å². The van der Waals surface area contributed by atoms with Gasteiger partial charge in [-0.25, -0.2) is 9.59 Å². The van der Waals surface area contributed by atoms with E-state index in [0.717, 1.165) is 17.8 Å². The Hall–Kier alpha value is -3.03. The standard InChI is InChI=1S/C19H24N4O4/c1-12-9-13(2)23(21-12)15-7-8-22(11-15)19(25)20-16-10-14(18(24)27-4)5-6-17(16)26-3/h5-6,9-10,15H,7-8,11H2,1-4H3,(H,20,25). The molecule has 1 saturated heterocycles. The van der Waals surface area contributed by atoms with Gasteiger partial charge in [0.1, 0.15) is 5.75 Å². The maximum atomic E-state index is 12.7. The highest BCUT2D eigenvalue weighted by molar-refractivity contribution is 5.95. The molecule has 1 N–H and O–H groups in total. The van der Waals surface area contributed by atoms with Crippen molar-refractivity contribution in [1.29, 1.82) is 0 Å². The van der Waals surface area contributed by atoms with E-state index in [4.69, 9.17) is 9.47 Å². The molecule has 8 heteroatoms. The van der Waals surface area contributed by atoms with E-state index in [1.807, 2.05) is 24.6 Å². The minimum Gasteiger partial charge on any atom is -0.495 e. The van der Waals surface area contributed by atoms with Gasteiger partial charge in [-0.1, -0.05) is 0 Å². The van der Waals surface area contributed by atoms with E-state index in [2.05, 4.69) is 10.4 Å². The van der Waals surface area contributed by atoms with E-state index < -0.39 is 5.97 Å². The van der Waals surface area contributed by atoms with Crippen LogP contribution in [-0.2, 0) is 4.74 Å². The van der Waals surface area contributed by atoms with Crippen molar-refractivity contribution in [3.05, 3.63) is 41.2 Å². The second kappa shape index (κ2) is 7.69. The number of hydrogen-bond donors (Lipinski definition) is 1. The number of aryl methyl sites for hydroxylation is 2. The molecule has 0 radical (unpaired) electrons. The van der Waals surface area contributed by atoms with Gasteiger partial charge in [-0.15, -0.1) is 0 Å². The van der Waals surface area contributed by atoms with Gasteiger partial charge in [-0.3, -0.25) is 4.68 Å².